The summed E-state index contributed by atoms with van der Waals surface area (Å²) in [6.07, 6.45) is -3.30. The summed E-state index contributed by atoms with van der Waals surface area (Å²) in [5.74, 6) is -5.72. The lowest BCUT2D eigenvalue weighted by Crippen LogP contribution is -2.68. The Labute approximate surface area is 179 Å². The molecule has 174 valence electrons. The van der Waals surface area contributed by atoms with Crippen molar-refractivity contribution in [1.82, 2.24) is 20.2 Å². The number of amides is 1. The van der Waals surface area contributed by atoms with Crippen LogP contribution >= 0.6 is 0 Å². The van der Waals surface area contributed by atoms with Gasteiger partial charge in [-0.05, 0) is 12.5 Å². The maximum absolute atomic E-state index is 12.7. The SMILES string of the molecule is Cc1cccc(CN(O)[C@@]2(O)[C@H](O)[C@@H](CO)O[C@@]2(O)n2c(N)c(C(=O)NF)cnc2=O)c1. The van der Waals surface area contributed by atoms with Crippen LogP contribution in [0.3, 0.4) is 0 Å². The number of nitrogens with one attached hydrogen (secondary N) is 1. The number of nitrogens with zero attached hydrogens (tertiary/aromatic N) is 3. The smallest absolute Gasteiger partial charge is 0.353 e. The third-order valence-corrected chi connectivity index (χ3v) is 5.19. The van der Waals surface area contributed by atoms with Crippen LogP contribution in [0.4, 0.5) is 10.3 Å². The molecule has 1 aromatic heterocycles. The van der Waals surface area contributed by atoms with E-state index in [0.717, 1.165) is 11.1 Å². The molecule has 1 fully saturated rings. The fourth-order valence-electron chi connectivity index (χ4n) is 3.58. The van der Waals surface area contributed by atoms with Crippen molar-refractivity contribution in [2.45, 2.75) is 37.3 Å². The van der Waals surface area contributed by atoms with E-state index in [1.165, 1.54) is 0 Å². The predicted octanol–water partition coefficient (Wildman–Crippen LogP) is -2.32. The molecular formula is C18H22FN5O8. The maximum Gasteiger partial charge on any atom is 0.353 e. The van der Waals surface area contributed by atoms with Crippen molar-refractivity contribution in [1.29, 1.82) is 0 Å². The van der Waals surface area contributed by atoms with Crippen LogP contribution in [0.2, 0.25) is 0 Å². The van der Waals surface area contributed by atoms with Crippen molar-refractivity contribution in [3.63, 3.8) is 0 Å². The zero-order valence-electron chi connectivity index (χ0n) is 16.7. The quantitative estimate of drug-likeness (QED) is 0.140. The number of carbonyl (C=O) groups is 1. The van der Waals surface area contributed by atoms with Crippen LogP contribution in [0.15, 0.2) is 35.3 Å². The molecule has 0 bridgehead atoms. The number of nitrogen functional groups attached to an aromatic ring is 1. The Morgan fingerprint density at radius 3 is 2.72 bits per heavy atom. The molecule has 13 nitrogen and oxygen atoms in total. The summed E-state index contributed by atoms with van der Waals surface area (Å²) in [4.78, 5) is 27.5. The highest BCUT2D eigenvalue weighted by Gasteiger charge is 2.70. The molecule has 4 atom stereocenters. The lowest BCUT2D eigenvalue weighted by molar-refractivity contribution is -0.413. The molecule has 0 radical (unpaired) electrons. The van der Waals surface area contributed by atoms with E-state index in [2.05, 4.69) is 4.98 Å². The number of halogens is 1. The van der Waals surface area contributed by atoms with Gasteiger partial charge in [-0.2, -0.15) is 5.54 Å². The molecule has 2 aromatic rings. The number of aromatic nitrogens is 2. The van der Waals surface area contributed by atoms with Crippen molar-refractivity contribution < 1.29 is 39.6 Å². The van der Waals surface area contributed by atoms with Crippen LogP contribution in [0.1, 0.15) is 21.5 Å². The van der Waals surface area contributed by atoms with Gasteiger partial charge < -0.3 is 36.1 Å². The van der Waals surface area contributed by atoms with Gasteiger partial charge in [0, 0.05) is 6.20 Å². The molecule has 8 N–H and O–H groups in total. The van der Waals surface area contributed by atoms with E-state index in [9.17, 15) is 39.7 Å². The number of aliphatic hydroxyl groups excluding tert-OH is 2. The number of ether oxygens (including phenoxy) is 1. The van der Waals surface area contributed by atoms with Gasteiger partial charge in [0.1, 0.15) is 23.6 Å². The molecule has 1 saturated heterocycles. The number of aryl methyl sites for hydroxylation is 1. The molecule has 0 spiro atoms. The van der Waals surface area contributed by atoms with Crippen LogP contribution in [-0.4, -0.2) is 70.7 Å². The van der Waals surface area contributed by atoms with Crippen LogP contribution in [0, 0.1) is 6.92 Å². The summed E-state index contributed by atoms with van der Waals surface area (Å²) in [6.45, 7) is 0.307. The molecule has 1 amide bonds. The van der Waals surface area contributed by atoms with Gasteiger partial charge in [0.2, 0.25) is 5.72 Å². The third-order valence-electron chi connectivity index (χ3n) is 5.19. The Hall–Kier alpha value is -2.98. The second kappa shape index (κ2) is 8.51. The van der Waals surface area contributed by atoms with Gasteiger partial charge in [-0.15, -0.1) is 5.06 Å². The highest BCUT2D eigenvalue weighted by molar-refractivity contribution is 5.97. The Morgan fingerprint density at radius 2 is 2.12 bits per heavy atom. The molecule has 0 saturated carbocycles. The van der Waals surface area contributed by atoms with Crippen molar-refractivity contribution >= 4 is 11.7 Å². The van der Waals surface area contributed by atoms with Gasteiger partial charge in [0.15, 0.2) is 0 Å². The number of hydrogen-bond donors (Lipinski definition) is 7. The van der Waals surface area contributed by atoms with Gasteiger partial charge in [-0.1, -0.05) is 34.3 Å². The molecule has 2 heterocycles. The number of rotatable bonds is 6. The topological polar surface area (TPSA) is 204 Å². The number of nitrogens with two attached hydrogens (primary N) is 1. The largest absolute Gasteiger partial charge is 0.394 e. The Morgan fingerprint density at radius 1 is 1.44 bits per heavy atom. The second-order valence-corrected chi connectivity index (χ2v) is 7.26. The highest BCUT2D eigenvalue weighted by Crippen LogP contribution is 2.44. The lowest BCUT2D eigenvalue weighted by Gasteiger charge is -2.42. The number of carbonyl (C=O) groups excluding carboxylic acids is 1. The third kappa shape index (κ3) is 3.53. The molecular weight excluding hydrogens is 433 g/mol. The van der Waals surface area contributed by atoms with Crippen LogP contribution in [0.5, 0.6) is 0 Å². The first-order valence-electron chi connectivity index (χ1n) is 9.23. The van der Waals surface area contributed by atoms with E-state index in [0.29, 0.717) is 11.8 Å². The number of hydrogen-bond acceptors (Lipinski definition) is 11. The Bertz CT molecular complexity index is 1080. The summed E-state index contributed by atoms with van der Waals surface area (Å²) in [6, 6.07) is 6.61. The molecule has 0 aliphatic carbocycles. The first-order chi connectivity index (χ1) is 15.0. The summed E-state index contributed by atoms with van der Waals surface area (Å²) < 4.78 is 17.9. The molecule has 1 aliphatic heterocycles. The van der Waals surface area contributed by atoms with Crippen LogP contribution in [0.25, 0.3) is 0 Å². The van der Waals surface area contributed by atoms with E-state index in [-0.39, 0.29) is 9.63 Å². The molecule has 1 aliphatic rings. The standard InChI is InChI=1S/C18H22FN5O8/c1-9-3-2-4-10(5-9)7-23(31)17(29)13(26)12(8-25)32-18(17,30)24-14(20)11(15(27)22-19)6-21-16(24)28/h2-6,12-13,25-26,29-31H,7-8,20H2,1H3,(H,22,27)/t12-,13-,17-,18-/m1/s1. The maximum atomic E-state index is 12.7. The van der Waals surface area contributed by atoms with Crippen molar-refractivity contribution in [3.8, 4) is 0 Å². The highest BCUT2D eigenvalue weighted by atomic mass is 19.2. The van der Waals surface area contributed by atoms with E-state index >= 15 is 0 Å². The molecule has 32 heavy (non-hydrogen) atoms. The first kappa shape index (κ1) is 23.7. The van der Waals surface area contributed by atoms with Crippen molar-refractivity contribution in [2.24, 2.45) is 0 Å². The normalized spacial score (nSPS) is 27.6. The van der Waals surface area contributed by atoms with Gasteiger partial charge in [-0.3, -0.25) is 4.79 Å². The first-order valence-corrected chi connectivity index (χ1v) is 9.23. The van der Waals surface area contributed by atoms with E-state index < -0.39 is 60.0 Å². The summed E-state index contributed by atoms with van der Waals surface area (Å²) in [5.41, 5.74) is 2.42. The average Bonchev–Trinajstić information content (AvgIpc) is 2.95. The van der Waals surface area contributed by atoms with E-state index in [1.807, 2.05) is 0 Å². The second-order valence-electron chi connectivity index (χ2n) is 7.26. The number of anilines is 1. The monoisotopic (exact) mass is 455 g/mol. The van der Waals surface area contributed by atoms with Crippen molar-refractivity contribution in [3.05, 3.63) is 57.6 Å². The molecule has 0 unspecified atom stereocenters. The van der Waals surface area contributed by atoms with Crippen LogP contribution in [-0.2, 0) is 17.2 Å². The minimum absolute atomic E-state index is 0.0654. The minimum Gasteiger partial charge on any atom is -0.394 e. The fourth-order valence-corrected chi connectivity index (χ4v) is 3.58. The Balaban J connectivity index is 2.18. The summed E-state index contributed by atoms with van der Waals surface area (Å²) >= 11 is 0. The Kier molecular flexibility index (Phi) is 6.30. The molecule has 3 rings (SSSR count). The lowest BCUT2D eigenvalue weighted by atomic mass is 9.99. The van der Waals surface area contributed by atoms with E-state index in [1.54, 1.807) is 31.2 Å². The van der Waals surface area contributed by atoms with Crippen molar-refractivity contribution in [2.75, 3.05) is 12.3 Å². The summed E-state index contributed by atoms with van der Waals surface area (Å²) in [5, 5.41) is 53.5. The van der Waals surface area contributed by atoms with E-state index in [4.69, 9.17) is 10.5 Å². The molecule has 1 aromatic carbocycles. The zero-order chi connectivity index (χ0) is 23.8. The van der Waals surface area contributed by atoms with Gasteiger partial charge in [0.05, 0.1) is 13.2 Å². The summed E-state index contributed by atoms with van der Waals surface area (Å²) in [7, 11) is 0. The number of aliphatic hydroxyl groups is 4. The predicted molar refractivity (Wildman–Crippen MR) is 103 cm³/mol. The van der Waals surface area contributed by atoms with Gasteiger partial charge in [-0.25, -0.2) is 14.3 Å². The molecule has 14 heteroatoms. The number of hydroxylamine groups is 2. The average molecular weight is 455 g/mol. The fraction of sp³-hybridized carbons (Fsp3) is 0.389. The van der Waals surface area contributed by atoms with Gasteiger partial charge in [0.25, 0.3) is 5.91 Å². The minimum atomic E-state index is -3.38. The zero-order valence-corrected chi connectivity index (χ0v) is 16.7. The number of benzene rings is 1. The van der Waals surface area contributed by atoms with Crippen LogP contribution < -0.4 is 17.0 Å². The van der Waals surface area contributed by atoms with Gasteiger partial charge >= 0.3 is 11.6 Å².